The van der Waals surface area contributed by atoms with Crippen molar-refractivity contribution in [2.75, 3.05) is 0 Å². The second-order valence-corrected chi connectivity index (χ2v) is 12.8. The Morgan fingerprint density at radius 3 is 1.90 bits per heavy atom. The van der Waals surface area contributed by atoms with Gasteiger partial charge in [0.25, 0.3) is 0 Å². The summed E-state index contributed by atoms with van der Waals surface area (Å²) in [6.07, 6.45) is 1.97. The summed E-state index contributed by atoms with van der Waals surface area (Å²) < 4.78 is 0. The van der Waals surface area contributed by atoms with E-state index in [1.165, 1.54) is 82.4 Å². The van der Waals surface area contributed by atoms with E-state index in [2.05, 4.69) is 121 Å². The normalized spacial score (nSPS) is 15.9. The van der Waals surface area contributed by atoms with Crippen LogP contribution in [0.4, 0.5) is 0 Å². The summed E-state index contributed by atoms with van der Waals surface area (Å²) in [5.74, 6) is 0. The zero-order valence-corrected chi connectivity index (χ0v) is 23.4. The van der Waals surface area contributed by atoms with Gasteiger partial charge in [0.1, 0.15) is 0 Å². The van der Waals surface area contributed by atoms with Crippen molar-refractivity contribution in [1.29, 1.82) is 0 Å². The Hall–Kier alpha value is -4.16. The highest BCUT2D eigenvalue weighted by Crippen LogP contribution is 2.59. The van der Waals surface area contributed by atoms with Crippen LogP contribution in [0.15, 0.2) is 79.4 Å². The highest BCUT2D eigenvalue weighted by Gasteiger charge is 2.43. The van der Waals surface area contributed by atoms with Crippen molar-refractivity contribution < 1.29 is 0 Å². The van der Waals surface area contributed by atoms with E-state index in [4.69, 9.17) is 0 Å². The van der Waals surface area contributed by atoms with E-state index < -0.39 is 0 Å². The largest absolute Gasteiger partial charge is 0.0984 e. The lowest BCUT2D eigenvalue weighted by Gasteiger charge is -2.24. The van der Waals surface area contributed by atoms with E-state index in [0.717, 1.165) is 10.8 Å². The molecule has 0 saturated carbocycles. The molecule has 0 fully saturated rings. The van der Waals surface area contributed by atoms with Gasteiger partial charge in [0.05, 0.1) is 0 Å². The summed E-state index contributed by atoms with van der Waals surface area (Å²) in [5.41, 5.74) is 13.7. The molecule has 188 valence electrons. The third-order valence-electron chi connectivity index (χ3n) is 10.0. The van der Waals surface area contributed by atoms with Gasteiger partial charge in [-0.25, -0.2) is 0 Å². The van der Waals surface area contributed by atoms with Crippen molar-refractivity contribution in [3.05, 3.63) is 118 Å². The Kier molecular flexibility index (Phi) is 4.13. The van der Waals surface area contributed by atoms with Gasteiger partial charge in [0, 0.05) is 10.8 Å². The van der Waals surface area contributed by atoms with Gasteiger partial charge >= 0.3 is 0 Å². The van der Waals surface area contributed by atoms with Crippen LogP contribution < -0.4 is 5.22 Å². The lowest BCUT2D eigenvalue weighted by atomic mass is 9.79. The molecule has 0 aromatic heterocycles. The van der Waals surface area contributed by atoms with Crippen LogP contribution in [0, 0.1) is 6.92 Å². The standard InChI is InChI=1S/C39H32/c1-8-23-14-15-24-18-33-37(27-16-13-21(2)34(23)35(24)27)29-20-30-28(19-31(29)39(33,6)7)36-26-12-10-9-11-25(26)22(3)17-32(36)38(30,4)5/h8-20H,1-2H2,3-7H3. The summed E-state index contributed by atoms with van der Waals surface area (Å²) in [4.78, 5) is 0. The molecule has 6 aromatic carbocycles. The topological polar surface area (TPSA) is 0 Å². The minimum Gasteiger partial charge on any atom is -0.0984 e. The molecule has 0 atom stereocenters. The summed E-state index contributed by atoms with van der Waals surface area (Å²) in [6.45, 7) is 20.4. The number of hydrogen-bond donors (Lipinski definition) is 0. The van der Waals surface area contributed by atoms with Gasteiger partial charge < -0.3 is 0 Å². The summed E-state index contributed by atoms with van der Waals surface area (Å²) in [5, 5.41) is 8.95. The SMILES string of the molecule is C=Cc1ccc2cc3c(c4ccc(=C)c1c24)-c1cc2c(cc1C3(C)C)-c1c(cc(C)c3ccccc13)C2(C)C. The maximum Gasteiger partial charge on any atom is 0.0159 e. The van der Waals surface area contributed by atoms with Crippen molar-refractivity contribution in [1.82, 2.24) is 0 Å². The Bertz CT molecular complexity index is 2150. The average molecular weight is 501 g/mol. The van der Waals surface area contributed by atoms with Crippen LogP contribution in [0.1, 0.15) is 61.1 Å². The van der Waals surface area contributed by atoms with Crippen LogP contribution in [0.25, 0.3) is 67.2 Å². The second-order valence-electron chi connectivity index (χ2n) is 12.8. The molecule has 0 radical (unpaired) electrons. The van der Waals surface area contributed by atoms with Crippen molar-refractivity contribution in [3.8, 4) is 22.3 Å². The molecule has 0 N–H and O–H groups in total. The van der Waals surface area contributed by atoms with E-state index in [-0.39, 0.29) is 10.8 Å². The molecule has 0 bridgehead atoms. The van der Waals surface area contributed by atoms with Gasteiger partial charge in [0.2, 0.25) is 0 Å². The Morgan fingerprint density at radius 1 is 0.615 bits per heavy atom. The molecular formula is C39H32. The monoisotopic (exact) mass is 500 g/mol. The minimum absolute atomic E-state index is 0.0687. The molecule has 0 heteroatoms. The predicted octanol–water partition coefficient (Wildman–Crippen LogP) is 9.84. The molecule has 2 aliphatic rings. The Morgan fingerprint density at radius 2 is 1.23 bits per heavy atom. The summed E-state index contributed by atoms with van der Waals surface area (Å²) in [7, 11) is 0. The molecule has 0 amide bonds. The minimum atomic E-state index is -0.0999. The fourth-order valence-corrected chi connectivity index (χ4v) is 7.95. The van der Waals surface area contributed by atoms with Gasteiger partial charge in [0.15, 0.2) is 0 Å². The maximum absolute atomic E-state index is 4.40. The third kappa shape index (κ3) is 2.60. The highest BCUT2D eigenvalue weighted by molar-refractivity contribution is 6.19. The first-order valence-electron chi connectivity index (χ1n) is 14.0. The van der Waals surface area contributed by atoms with Crippen LogP contribution in [0.5, 0.6) is 0 Å². The van der Waals surface area contributed by atoms with Gasteiger partial charge in [-0.15, -0.1) is 0 Å². The van der Waals surface area contributed by atoms with Gasteiger partial charge in [-0.2, -0.15) is 0 Å². The van der Waals surface area contributed by atoms with Crippen LogP contribution in [-0.2, 0) is 10.8 Å². The number of rotatable bonds is 1. The Balaban J connectivity index is 1.52. The molecule has 0 aliphatic heterocycles. The van der Waals surface area contributed by atoms with Crippen molar-refractivity contribution in [2.24, 2.45) is 0 Å². The molecule has 0 nitrogen and oxygen atoms in total. The van der Waals surface area contributed by atoms with E-state index in [9.17, 15) is 0 Å². The molecule has 0 unspecified atom stereocenters. The van der Waals surface area contributed by atoms with Crippen LogP contribution in [-0.4, -0.2) is 0 Å². The molecule has 2 aliphatic carbocycles. The van der Waals surface area contributed by atoms with E-state index in [0.29, 0.717) is 0 Å². The predicted molar refractivity (Wildman–Crippen MR) is 170 cm³/mol. The van der Waals surface area contributed by atoms with Crippen molar-refractivity contribution >= 4 is 45.0 Å². The quantitative estimate of drug-likeness (QED) is 0.211. The number of hydrogen-bond acceptors (Lipinski definition) is 0. The fourth-order valence-electron chi connectivity index (χ4n) is 7.95. The molecule has 8 rings (SSSR count). The van der Waals surface area contributed by atoms with E-state index in [1.807, 2.05) is 6.08 Å². The third-order valence-corrected chi connectivity index (χ3v) is 10.0. The first-order chi connectivity index (χ1) is 18.6. The lowest BCUT2D eigenvalue weighted by Crippen LogP contribution is -2.17. The van der Waals surface area contributed by atoms with Crippen molar-refractivity contribution in [2.45, 2.75) is 45.4 Å². The lowest BCUT2D eigenvalue weighted by molar-refractivity contribution is 0.652. The zero-order chi connectivity index (χ0) is 27.0. The molecular weight excluding hydrogens is 468 g/mol. The average Bonchev–Trinajstić information content (AvgIpc) is 3.28. The number of aryl methyl sites for hydroxylation is 1. The second kappa shape index (κ2) is 7.07. The summed E-state index contributed by atoms with van der Waals surface area (Å²) in [6, 6.07) is 27.9. The molecule has 0 heterocycles. The van der Waals surface area contributed by atoms with Gasteiger partial charge in [-0.1, -0.05) is 102 Å². The van der Waals surface area contributed by atoms with Crippen LogP contribution in [0.2, 0.25) is 0 Å². The van der Waals surface area contributed by atoms with E-state index in [1.54, 1.807) is 0 Å². The highest BCUT2D eigenvalue weighted by atomic mass is 14.5. The van der Waals surface area contributed by atoms with Crippen LogP contribution in [0.3, 0.4) is 0 Å². The van der Waals surface area contributed by atoms with E-state index >= 15 is 0 Å². The molecule has 39 heavy (non-hydrogen) atoms. The maximum atomic E-state index is 4.40. The van der Waals surface area contributed by atoms with Crippen LogP contribution >= 0.6 is 0 Å². The number of benzene rings is 6. The molecule has 0 saturated heterocycles. The summed E-state index contributed by atoms with van der Waals surface area (Å²) >= 11 is 0. The number of fused-ring (bicyclic) bond motifs is 9. The van der Waals surface area contributed by atoms with Gasteiger partial charge in [-0.05, 0) is 118 Å². The molecule has 6 aromatic rings. The van der Waals surface area contributed by atoms with Gasteiger partial charge in [-0.3, -0.25) is 0 Å². The Labute approximate surface area is 230 Å². The fraction of sp³-hybridized carbons (Fsp3) is 0.179. The zero-order valence-electron chi connectivity index (χ0n) is 23.4. The van der Waals surface area contributed by atoms with Crippen molar-refractivity contribution in [3.63, 3.8) is 0 Å². The first kappa shape index (κ1) is 22.8. The first-order valence-corrected chi connectivity index (χ1v) is 14.0. The smallest absolute Gasteiger partial charge is 0.0159 e. The molecule has 0 spiro atoms.